The number of amides is 1. The maximum absolute atomic E-state index is 12.1. The van der Waals surface area contributed by atoms with Crippen LogP contribution in [0.25, 0.3) is 11.1 Å². The molecule has 0 radical (unpaired) electrons. The topological polar surface area (TPSA) is 42.0 Å². The highest BCUT2D eigenvalue weighted by Gasteiger charge is 2.05. The summed E-state index contributed by atoms with van der Waals surface area (Å²) in [5, 5.41) is 2.83. The van der Waals surface area contributed by atoms with Crippen LogP contribution in [0.2, 0.25) is 0 Å². The molecule has 3 rings (SSSR count). The number of carbonyl (C=O) groups is 1. The summed E-state index contributed by atoms with van der Waals surface area (Å²) < 4.78 is 0. The van der Waals surface area contributed by atoms with Crippen molar-refractivity contribution in [3.8, 4) is 11.1 Å². The Balaban J connectivity index is 0.00000109. The molecule has 0 atom stereocenters. The summed E-state index contributed by atoms with van der Waals surface area (Å²) in [7, 11) is 0. The quantitative estimate of drug-likeness (QED) is 0.707. The van der Waals surface area contributed by atoms with Gasteiger partial charge in [0.25, 0.3) is 0 Å². The largest absolute Gasteiger partial charge is 0.310 e. The van der Waals surface area contributed by atoms with Gasteiger partial charge in [0, 0.05) is 11.8 Å². The summed E-state index contributed by atoms with van der Waals surface area (Å²) in [6.07, 6.45) is 2.12. The molecule has 0 aliphatic heterocycles. The first-order valence-electron chi connectivity index (χ1n) is 8.57. The molecular formula is C22H24N2O. The van der Waals surface area contributed by atoms with Gasteiger partial charge in [-0.1, -0.05) is 74.0 Å². The van der Waals surface area contributed by atoms with Crippen molar-refractivity contribution < 1.29 is 4.79 Å². The number of benzene rings is 2. The van der Waals surface area contributed by atoms with Gasteiger partial charge in [0.05, 0.1) is 6.42 Å². The van der Waals surface area contributed by atoms with Gasteiger partial charge in [0.1, 0.15) is 5.82 Å². The molecule has 3 aromatic rings. The second-order valence-corrected chi connectivity index (χ2v) is 5.51. The summed E-state index contributed by atoms with van der Waals surface area (Å²) in [5.41, 5.74) is 4.32. The van der Waals surface area contributed by atoms with E-state index in [9.17, 15) is 4.79 Å². The zero-order valence-corrected chi connectivity index (χ0v) is 15.0. The molecule has 0 spiro atoms. The first-order chi connectivity index (χ1) is 12.2. The number of nitrogens with zero attached hydrogens (tertiary/aromatic N) is 1. The van der Waals surface area contributed by atoms with Gasteiger partial charge in [-0.2, -0.15) is 0 Å². The van der Waals surface area contributed by atoms with Crippen molar-refractivity contribution in [2.24, 2.45) is 0 Å². The van der Waals surface area contributed by atoms with E-state index in [0.717, 1.165) is 16.7 Å². The van der Waals surface area contributed by atoms with Crippen molar-refractivity contribution in [3.05, 3.63) is 84.1 Å². The summed E-state index contributed by atoms with van der Waals surface area (Å²) in [5.74, 6) is 0.510. The van der Waals surface area contributed by atoms with Crippen molar-refractivity contribution in [1.29, 1.82) is 0 Å². The number of rotatable bonds is 4. The molecule has 25 heavy (non-hydrogen) atoms. The number of anilines is 1. The van der Waals surface area contributed by atoms with Crippen molar-refractivity contribution in [1.82, 2.24) is 4.98 Å². The zero-order chi connectivity index (χ0) is 18.1. The Labute approximate surface area is 149 Å². The average molecular weight is 332 g/mol. The van der Waals surface area contributed by atoms with Crippen molar-refractivity contribution >= 4 is 11.7 Å². The summed E-state index contributed by atoms with van der Waals surface area (Å²) >= 11 is 0. The standard InChI is InChI=1S/C20H18N2O.C2H6/c1-15-7-9-16(10-8-15)13-20(23)22-19-12-11-18(14-21-19)17-5-3-2-4-6-17;1-2/h2-12,14H,13H2,1H3,(H,21,22,23);1-2H3. The Morgan fingerprint density at radius 2 is 1.56 bits per heavy atom. The molecular weight excluding hydrogens is 308 g/mol. The average Bonchev–Trinajstić information content (AvgIpc) is 2.66. The molecule has 0 aliphatic carbocycles. The van der Waals surface area contributed by atoms with Gasteiger partial charge >= 0.3 is 0 Å². The molecule has 2 aromatic carbocycles. The van der Waals surface area contributed by atoms with Crippen LogP contribution in [0.5, 0.6) is 0 Å². The van der Waals surface area contributed by atoms with Gasteiger partial charge < -0.3 is 5.32 Å². The number of nitrogens with one attached hydrogen (secondary N) is 1. The van der Waals surface area contributed by atoms with E-state index >= 15 is 0 Å². The third-order valence-corrected chi connectivity index (χ3v) is 3.62. The highest BCUT2D eigenvalue weighted by atomic mass is 16.1. The number of hydrogen-bond donors (Lipinski definition) is 1. The van der Waals surface area contributed by atoms with E-state index in [1.165, 1.54) is 5.56 Å². The van der Waals surface area contributed by atoms with Gasteiger partial charge in [-0.05, 0) is 30.2 Å². The van der Waals surface area contributed by atoms with Gasteiger partial charge in [0.2, 0.25) is 5.91 Å². The molecule has 0 saturated carbocycles. The second kappa shape index (κ2) is 9.38. The van der Waals surface area contributed by atoms with Crippen LogP contribution in [0.1, 0.15) is 25.0 Å². The third kappa shape index (κ3) is 5.57. The number of aryl methyl sites for hydroxylation is 1. The van der Waals surface area contributed by atoms with E-state index in [-0.39, 0.29) is 5.91 Å². The number of pyridine rings is 1. The van der Waals surface area contributed by atoms with Crippen LogP contribution in [0.15, 0.2) is 72.9 Å². The highest BCUT2D eigenvalue weighted by molar-refractivity contribution is 5.91. The van der Waals surface area contributed by atoms with E-state index in [1.807, 2.05) is 87.5 Å². The summed E-state index contributed by atoms with van der Waals surface area (Å²) in [6.45, 7) is 6.03. The molecule has 1 amide bonds. The SMILES string of the molecule is CC.Cc1ccc(CC(=O)Nc2ccc(-c3ccccc3)cn2)cc1. The third-order valence-electron chi connectivity index (χ3n) is 3.62. The molecule has 0 saturated heterocycles. The van der Waals surface area contributed by atoms with Crippen LogP contribution < -0.4 is 5.32 Å². The Hall–Kier alpha value is -2.94. The smallest absolute Gasteiger partial charge is 0.229 e. The predicted octanol–water partition coefficient (Wildman–Crippen LogP) is 5.26. The van der Waals surface area contributed by atoms with Crippen molar-refractivity contribution in [2.45, 2.75) is 27.2 Å². The Bertz CT molecular complexity index is 779. The number of carbonyl (C=O) groups excluding carboxylic acids is 1. The summed E-state index contributed by atoms with van der Waals surface area (Å²) in [4.78, 5) is 16.4. The molecule has 1 N–H and O–H groups in total. The maximum Gasteiger partial charge on any atom is 0.229 e. The van der Waals surface area contributed by atoms with E-state index in [0.29, 0.717) is 12.2 Å². The molecule has 0 bridgehead atoms. The predicted molar refractivity (Wildman–Crippen MR) is 105 cm³/mol. The monoisotopic (exact) mass is 332 g/mol. The fourth-order valence-electron chi connectivity index (χ4n) is 2.35. The van der Waals surface area contributed by atoms with Crippen LogP contribution >= 0.6 is 0 Å². The second-order valence-electron chi connectivity index (χ2n) is 5.51. The molecule has 128 valence electrons. The van der Waals surface area contributed by atoms with Crippen molar-refractivity contribution in [3.63, 3.8) is 0 Å². The Morgan fingerprint density at radius 1 is 0.880 bits per heavy atom. The molecule has 1 heterocycles. The fourth-order valence-corrected chi connectivity index (χ4v) is 2.35. The fraction of sp³-hybridized carbons (Fsp3) is 0.182. The Kier molecular flexibility index (Phi) is 6.90. The number of hydrogen-bond acceptors (Lipinski definition) is 2. The van der Waals surface area contributed by atoms with Crippen molar-refractivity contribution in [2.75, 3.05) is 5.32 Å². The van der Waals surface area contributed by atoms with Crippen LogP contribution in [0.4, 0.5) is 5.82 Å². The lowest BCUT2D eigenvalue weighted by atomic mass is 10.1. The van der Waals surface area contributed by atoms with Gasteiger partial charge in [-0.25, -0.2) is 4.98 Å². The maximum atomic E-state index is 12.1. The normalized spacial score (nSPS) is 9.72. The minimum absolute atomic E-state index is 0.0613. The first-order valence-corrected chi connectivity index (χ1v) is 8.57. The van der Waals surface area contributed by atoms with E-state index in [1.54, 1.807) is 6.20 Å². The lowest BCUT2D eigenvalue weighted by Crippen LogP contribution is -2.15. The lowest BCUT2D eigenvalue weighted by Gasteiger charge is -2.06. The van der Waals surface area contributed by atoms with Gasteiger partial charge in [-0.3, -0.25) is 4.79 Å². The minimum atomic E-state index is -0.0613. The zero-order valence-electron chi connectivity index (χ0n) is 15.0. The molecule has 0 aliphatic rings. The lowest BCUT2D eigenvalue weighted by molar-refractivity contribution is -0.115. The Morgan fingerprint density at radius 3 is 2.16 bits per heavy atom. The molecule has 0 fully saturated rings. The van der Waals surface area contributed by atoms with E-state index in [4.69, 9.17) is 0 Å². The molecule has 3 heteroatoms. The number of aromatic nitrogens is 1. The molecule has 3 nitrogen and oxygen atoms in total. The van der Waals surface area contributed by atoms with E-state index in [2.05, 4.69) is 10.3 Å². The minimum Gasteiger partial charge on any atom is -0.310 e. The first kappa shape index (κ1) is 18.4. The van der Waals surface area contributed by atoms with Crippen LogP contribution in [-0.4, -0.2) is 10.9 Å². The summed E-state index contributed by atoms with van der Waals surface area (Å²) in [6, 6.07) is 21.8. The molecule has 1 aromatic heterocycles. The molecule has 0 unspecified atom stereocenters. The van der Waals surface area contributed by atoms with Crippen LogP contribution in [-0.2, 0) is 11.2 Å². The van der Waals surface area contributed by atoms with E-state index < -0.39 is 0 Å². The van der Waals surface area contributed by atoms with Crippen LogP contribution in [0.3, 0.4) is 0 Å². The van der Waals surface area contributed by atoms with Crippen LogP contribution in [0, 0.1) is 6.92 Å². The highest BCUT2D eigenvalue weighted by Crippen LogP contribution is 2.19. The van der Waals surface area contributed by atoms with Gasteiger partial charge in [0.15, 0.2) is 0 Å². The van der Waals surface area contributed by atoms with Gasteiger partial charge in [-0.15, -0.1) is 0 Å².